The van der Waals surface area contributed by atoms with Gasteiger partial charge in [-0.3, -0.25) is 9.59 Å². The molecule has 0 heterocycles. The highest BCUT2D eigenvalue weighted by atomic mass is 16.5. The van der Waals surface area contributed by atoms with Crippen LogP contribution in [0.4, 0.5) is 0 Å². The Labute approximate surface area is 143 Å². The number of carbonyl (C=O) groups is 2. The lowest BCUT2D eigenvalue weighted by Crippen LogP contribution is -2.33. The zero-order valence-electron chi connectivity index (χ0n) is 14.5. The van der Waals surface area contributed by atoms with Gasteiger partial charge in [0.25, 0.3) is 0 Å². The summed E-state index contributed by atoms with van der Waals surface area (Å²) < 4.78 is 5.78. The van der Waals surface area contributed by atoms with Crippen LogP contribution in [0, 0.1) is 19.8 Å². The second-order valence-corrected chi connectivity index (χ2v) is 6.69. The van der Waals surface area contributed by atoms with E-state index in [9.17, 15) is 9.59 Å². The van der Waals surface area contributed by atoms with Crippen LogP contribution in [0.2, 0.25) is 0 Å². The summed E-state index contributed by atoms with van der Waals surface area (Å²) in [7, 11) is 0. The van der Waals surface area contributed by atoms with Crippen molar-refractivity contribution in [2.75, 3.05) is 6.61 Å². The van der Waals surface area contributed by atoms with Crippen LogP contribution in [-0.4, -0.2) is 29.6 Å². The predicted octanol–water partition coefficient (Wildman–Crippen LogP) is 3.22. The predicted molar refractivity (Wildman–Crippen MR) is 92.2 cm³/mol. The number of rotatable bonds is 8. The van der Waals surface area contributed by atoms with Gasteiger partial charge in [0.15, 0.2) is 0 Å². The minimum absolute atomic E-state index is 0.0118. The van der Waals surface area contributed by atoms with Gasteiger partial charge >= 0.3 is 5.97 Å². The average Bonchev–Trinajstić information content (AvgIpc) is 2.99. The van der Waals surface area contributed by atoms with Crippen molar-refractivity contribution in [1.82, 2.24) is 5.32 Å². The molecule has 1 amide bonds. The van der Waals surface area contributed by atoms with Crippen molar-refractivity contribution in [2.45, 2.75) is 58.4 Å². The smallest absolute Gasteiger partial charge is 0.306 e. The number of aliphatic carboxylic acids is 1. The van der Waals surface area contributed by atoms with E-state index in [-0.39, 0.29) is 17.9 Å². The second kappa shape index (κ2) is 8.71. The molecule has 1 fully saturated rings. The number of benzene rings is 1. The molecule has 1 aliphatic rings. The molecule has 2 rings (SSSR count). The highest BCUT2D eigenvalue weighted by Crippen LogP contribution is 2.25. The van der Waals surface area contributed by atoms with Gasteiger partial charge in [-0.05, 0) is 63.1 Å². The van der Waals surface area contributed by atoms with E-state index in [2.05, 4.69) is 11.4 Å². The minimum Gasteiger partial charge on any atom is -0.493 e. The molecule has 1 aliphatic carbocycles. The number of hydrogen-bond acceptors (Lipinski definition) is 3. The summed E-state index contributed by atoms with van der Waals surface area (Å²) in [5, 5.41) is 11.9. The Morgan fingerprint density at radius 2 is 2.04 bits per heavy atom. The number of carboxylic acids is 1. The van der Waals surface area contributed by atoms with Crippen LogP contribution < -0.4 is 10.1 Å². The fraction of sp³-hybridized carbons (Fsp3) is 0.579. The summed E-state index contributed by atoms with van der Waals surface area (Å²) in [6.07, 6.45) is 4.03. The first-order chi connectivity index (χ1) is 11.5. The molecule has 0 aromatic heterocycles. The number of carbonyl (C=O) groups excluding carboxylic acids is 1. The van der Waals surface area contributed by atoms with Crippen LogP contribution in [0.1, 0.15) is 49.7 Å². The molecule has 5 heteroatoms. The Balaban J connectivity index is 1.60. The maximum Gasteiger partial charge on any atom is 0.306 e. The fourth-order valence-corrected chi connectivity index (χ4v) is 3.07. The van der Waals surface area contributed by atoms with Gasteiger partial charge in [-0.15, -0.1) is 0 Å². The van der Waals surface area contributed by atoms with Gasteiger partial charge in [0, 0.05) is 12.5 Å². The third kappa shape index (κ3) is 5.55. The number of aryl methyl sites for hydroxylation is 2. The number of ether oxygens (including phenoxy) is 1. The molecule has 1 aromatic carbocycles. The van der Waals surface area contributed by atoms with Crippen LogP contribution >= 0.6 is 0 Å². The summed E-state index contributed by atoms with van der Waals surface area (Å²) >= 11 is 0. The van der Waals surface area contributed by atoms with E-state index in [1.54, 1.807) is 0 Å². The zero-order valence-corrected chi connectivity index (χ0v) is 14.5. The van der Waals surface area contributed by atoms with Crippen molar-refractivity contribution < 1.29 is 19.4 Å². The van der Waals surface area contributed by atoms with Crippen LogP contribution in [-0.2, 0) is 9.59 Å². The molecule has 24 heavy (non-hydrogen) atoms. The zero-order chi connectivity index (χ0) is 17.5. The van der Waals surface area contributed by atoms with E-state index in [0.29, 0.717) is 25.9 Å². The topological polar surface area (TPSA) is 75.6 Å². The standard InChI is InChI=1S/C19H27NO4/c1-13-6-7-14(2)17(11-13)24-10-4-3-5-18(21)20-16-9-8-15(12-16)19(22)23/h6-7,11,15-16H,3-5,8-10,12H2,1-2H3,(H,20,21)(H,22,23)/t15-,16+/m1/s1. The Hall–Kier alpha value is -2.04. The largest absolute Gasteiger partial charge is 0.493 e. The number of unbranched alkanes of at least 4 members (excludes halogenated alkanes) is 1. The van der Waals surface area contributed by atoms with Crippen molar-refractivity contribution >= 4 is 11.9 Å². The van der Waals surface area contributed by atoms with E-state index in [1.807, 2.05) is 26.0 Å². The molecule has 132 valence electrons. The monoisotopic (exact) mass is 333 g/mol. The van der Waals surface area contributed by atoms with E-state index in [4.69, 9.17) is 9.84 Å². The van der Waals surface area contributed by atoms with Gasteiger partial charge < -0.3 is 15.2 Å². The minimum atomic E-state index is -0.754. The maximum atomic E-state index is 11.9. The molecular weight excluding hydrogens is 306 g/mol. The van der Waals surface area contributed by atoms with Gasteiger partial charge in [0.2, 0.25) is 5.91 Å². The summed E-state index contributed by atoms with van der Waals surface area (Å²) in [6.45, 7) is 4.66. The number of amides is 1. The van der Waals surface area contributed by atoms with Crippen molar-refractivity contribution in [3.63, 3.8) is 0 Å². The van der Waals surface area contributed by atoms with Crippen LogP contribution in [0.25, 0.3) is 0 Å². The second-order valence-electron chi connectivity index (χ2n) is 6.69. The lowest BCUT2D eigenvalue weighted by molar-refractivity contribution is -0.141. The highest BCUT2D eigenvalue weighted by molar-refractivity contribution is 5.76. The third-order valence-electron chi connectivity index (χ3n) is 4.55. The van der Waals surface area contributed by atoms with E-state index < -0.39 is 5.97 Å². The summed E-state index contributed by atoms with van der Waals surface area (Å²) in [6, 6.07) is 6.15. The van der Waals surface area contributed by atoms with Crippen LogP contribution in [0.5, 0.6) is 5.75 Å². The van der Waals surface area contributed by atoms with E-state index >= 15 is 0 Å². The Bertz CT molecular complexity index is 585. The molecule has 2 N–H and O–H groups in total. The molecule has 2 atom stereocenters. The molecule has 0 bridgehead atoms. The molecule has 0 spiro atoms. The van der Waals surface area contributed by atoms with Crippen molar-refractivity contribution in [2.24, 2.45) is 5.92 Å². The van der Waals surface area contributed by atoms with Gasteiger partial charge in [0.1, 0.15) is 5.75 Å². The van der Waals surface area contributed by atoms with Gasteiger partial charge in [0.05, 0.1) is 12.5 Å². The van der Waals surface area contributed by atoms with Gasteiger partial charge in [-0.2, -0.15) is 0 Å². The molecule has 0 unspecified atom stereocenters. The van der Waals surface area contributed by atoms with E-state index in [0.717, 1.165) is 30.6 Å². The molecule has 5 nitrogen and oxygen atoms in total. The molecule has 0 radical (unpaired) electrons. The Kier molecular flexibility index (Phi) is 6.64. The maximum absolute atomic E-state index is 11.9. The summed E-state index contributed by atoms with van der Waals surface area (Å²) in [4.78, 5) is 22.8. The third-order valence-corrected chi connectivity index (χ3v) is 4.55. The SMILES string of the molecule is Cc1ccc(C)c(OCCCCC(=O)N[C@H]2CC[C@@H](C(=O)O)C2)c1. The number of carboxylic acid groups (broad SMARTS) is 1. The summed E-state index contributed by atoms with van der Waals surface area (Å²) in [5.41, 5.74) is 2.29. The average molecular weight is 333 g/mol. The normalized spacial score (nSPS) is 19.9. The van der Waals surface area contributed by atoms with Crippen LogP contribution in [0.15, 0.2) is 18.2 Å². The Morgan fingerprint density at radius 3 is 2.75 bits per heavy atom. The lowest BCUT2D eigenvalue weighted by Gasteiger charge is -2.13. The van der Waals surface area contributed by atoms with Gasteiger partial charge in [-0.25, -0.2) is 0 Å². The molecular formula is C19H27NO4. The highest BCUT2D eigenvalue weighted by Gasteiger charge is 2.30. The number of nitrogens with one attached hydrogen (secondary N) is 1. The van der Waals surface area contributed by atoms with Crippen LogP contribution in [0.3, 0.4) is 0 Å². The van der Waals surface area contributed by atoms with Crippen molar-refractivity contribution in [3.8, 4) is 5.75 Å². The van der Waals surface area contributed by atoms with Gasteiger partial charge in [-0.1, -0.05) is 12.1 Å². The molecule has 0 aliphatic heterocycles. The Morgan fingerprint density at radius 1 is 1.25 bits per heavy atom. The van der Waals surface area contributed by atoms with Crippen molar-refractivity contribution in [1.29, 1.82) is 0 Å². The van der Waals surface area contributed by atoms with Crippen molar-refractivity contribution in [3.05, 3.63) is 29.3 Å². The molecule has 1 saturated carbocycles. The molecule has 1 aromatic rings. The first-order valence-corrected chi connectivity index (χ1v) is 8.68. The first kappa shape index (κ1) is 18.3. The quantitative estimate of drug-likeness (QED) is 0.716. The summed E-state index contributed by atoms with van der Waals surface area (Å²) in [5.74, 6) is -0.139. The fourth-order valence-electron chi connectivity index (χ4n) is 3.07. The molecule has 0 saturated heterocycles. The number of hydrogen-bond donors (Lipinski definition) is 2. The first-order valence-electron chi connectivity index (χ1n) is 8.68. The lowest BCUT2D eigenvalue weighted by atomic mass is 10.1. The van der Waals surface area contributed by atoms with E-state index in [1.165, 1.54) is 5.56 Å².